The van der Waals surface area contributed by atoms with E-state index in [0.29, 0.717) is 13.1 Å². The Bertz CT molecular complexity index is 489. The summed E-state index contributed by atoms with van der Waals surface area (Å²) in [5.74, 6) is 0.0680. The molecule has 1 saturated heterocycles. The van der Waals surface area contributed by atoms with Gasteiger partial charge in [-0.25, -0.2) is 0 Å². The SMILES string of the molecule is O=C1CC(=O)N(CC2(c3ccccc3)CCCC2)C1. The van der Waals surface area contributed by atoms with E-state index in [1.54, 1.807) is 4.90 Å². The monoisotopic (exact) mass is 257 g/mol. The minimum absolute atomic E-state index is 0.00667. The first kappa shape index (κ1) is 12.4. The van der Waals surface area contributed by atoms with E-state index < -0.39 is 0 Å². The summed E-state index contributed by atoms with van der Waals surface area (Å²) in [6, 6.07) is 10.5. The van der Waals surface area contributed by atoms with Gasteiger partial charge in [-0.1, -0.05) is 43.2 Å². The Labute approximate surface area is 113 Å². The second kappa shape index (κ2) is 4.80. The second-order valence-corrected chi connectivity index (χ2v) is 5.82. The van der Waals surface area contributed by atoms with Crippen LogP contribution in [-0.4, -0.2) is 29.7 Å². The van der Waals surface area contributed by atoms with Crippen LogP contribution in [0.3, 0.4) is 0 Å². The summed E-state index contributed by atoms with van der Waals surface area (Å²) >= 11 is 0. The van der Waals surface area contributed by atoms with Gasteiger partial charge >= 0.3 is 0 Å². The van der Waals surface area contributed by atoms with Gasteiger partial charge in [0.05, 0.1) is 13.0 Å². The van der Waals surface area contributed by atoms with Crippen molar-refractivity contribution in [2.45, 2.75) is 37.5 Å². The zero-order valence-corrected chi connectivity index (χ0v) is 11.1. The van der Waals surface area contributed by atoms with Gasteiger partial charge in [-0.05, 0) is 18.4 Å². The van der Waals surface area contributed by atoms with Crippen LogP contribution in [0.15, 0.2) is 30.3 Å². The van der Waals surface area contributed by atoms with Crippen molar-refractivity contribution in [3.63, 3.8) is 0 Å². The molecule has 1 amide bonds. The standard InChI is InChI=1S/C16H19NO2/c18-14-10-15(19)17(11-14)12-16(8-4-5-9-16)13-6-2-1-3-7-13/h1-3,6-7H,4-5,8-12H2. The molecule has 2 fully saturated rings. The highest BCUT2D eigenvalue weighted by molar-refractivity contribution is 6.05. The fourth-order valence-electron chi connectivity index (χ4n) is 3.53. The normalized spacial score (nSPS) is 22.2. The minimum atomic E-state index is 0.00667. The zero-order valence-electron chi connectivity index (χ0n) is 11.1. The largest absolute Gasteiger partial charge is 0.334 e. The van der Waals surface area contributed by atoms with Crippen molar-refractivity contribution in [2.24, 2.45) is 0 Å². The number of likely N-dealkylation sites (tertiary alicyclic amines) is 1. The number of hydrogen-bond donors (Lipinski definition) is 0. The van der Waals surface area contributed by atoms with Crippen LogP contribution in [0.5, 0.6) is 0 Å². The molecule has 3 rings (SSSR count). The van der Waals surface area contributed by atoms with Crippen LogP contribution in [-0.2, 0) is 15.0 Å². The van der Waals surface area contributed by atoms with Crippen LogP contribution in [0.1, 0.15) is 37.7 Å². The maximum Gasteiger partial charge on any atom is 0.230 e. The van der Waals surface area contributed by atoms with E-state index in [9.17, 15) is 9.59 Å². The van der Waals surface area contributed by atoms with Crippen molar-refractivity contribution in [2.75, 3.05) is 13.1 Å². The van der Waals surface area contributed by atoms with Crippen LogP contribution in [0.4, 0.5) is 0 Å². The van der Waals surface area contributed by atoms with E-state index in [1.165, 1.54) is 18.4 Å². The molecule has 19 heavy (non-hydrogen) atoms. The van der Waals surface area contributed by atoms with Crippen molar-refractivity contribution in [1.29, 1.82) is 0 Å². The van der Waals surface area contributed by atoms with Crippen LogP contribution in [0, 0.1) is 0 Å². The van der Waals surface area contributed by atoms with Gasteiger partial charge in [-0.2, -0.15) is 0 Å². The predicted molar refractivity (Wildman–Crippen MR) is 72.8 cm³/mol. The fraction of sp³-hybridized carbons (Fsp3) is 0.500. The zero-order chi connectivity index (χ0) is 13.3. The van der Waals surface area contributed by atoms with Gasteiger partial charge in [-0.15, -0.1) is 0 Å². The maximum absolute atomic E-state index is 11.9. The number of ketones is 1. The highest BCUT2D eigenvalue weighted by atomic mass is 16.2. The Hall–Kier alpha value is -1.64. The summed E-state index contributed by atoms with van der Waals surface area (Å²) in [5.41, 5.74) is 1.39. The lowest BCUT2D eigenvalue weighted by molar-refractivity contribution is -0.128. The molecule has 100 valence electrons. The molecule has 0 atom stereocenters. The molecular formula is C16H19NO2. The highest BCUT2D eigenvalue weighted by Crippen LogP contribution is 2.42. The first-order chi connectivity index (χ1) is 9.20. The summed E-state index contributed by atoms with van der Waals surface area (Å²) in [6.45, 7) is 1.02. The Morgan fingerprint density at radius 2 is 1.74 bits per heavy atom. The third kappa shape index (κ3) is 2.29. The Balaban J connectivity index is 1.86. The molecule has 1 saturated carbocycles. The molecule has 0 unspecified atom stereocenters. The van der Waals surface area contributed by atoms with E-state index in [0.717, 1.165) is 12.8 Å². The van der Waals surface area contributed by atoms with Crippen LogP contribution < -0.4 is 0 Å². The maximum atomic E-state index is 11.9. The first-order valence-corrected chi connectivity index (χ1v) is 7.05. The molecule has 1 heterocycles. The number of Topliss-reactive ketones (excluding diaryl/α,β-unsaturated/α-hetero) is 1. The fourth-order valence-corrected chi connectivity index (χ4v) is 3.53. The molecule has 1 aromatic carbocycles. The van der Waals surface area contributed by atoms with E-state index in [1.807, 2.05) is 6.07 Å². The Morgan fingerprint density at radius 3 is 2.32 bits per heavy atom. The average molecular weight is 257 g/mol. The number of benzene rings is 1. The number of hydrogen-bond acceptors (Lipinski definition) is 2. The lowest BCUT2D eigenvalue weighted by Crippen LogP contribution is -2.40. The Kier molecular flexibility index (Phi) is 3.13. The molecule has 0 aromatic heterocycles. The summed E-state index contributed by atoms with van der Waals surface area (Å²) in [7, 11) is 0. The number of nitrogens with zero attached hydrogens (tertiary/aromatic N) is 1. The molecular weight excluding hydrogens is 238 g/mol. The van der Waals surface area contributed by atoms with E-state index in [4.69, 9.17) is 0 Å². The van der Waals surface area contributed by atoms with Gasteiger partial charge in [0.15, 0.2) is 5.78 Å². The smallest absolute Gasteiger partial charge is 0.230 e. The summed E-state index contributed by atoms with van der Waals surface area (Å²) < 4.78 is 0. The van der Waals surface area contributed by atoms with E-state index in [2.05, 4.69) is 24.3 Å². The van der Waals surface area contributed by atoms with Gasteiger partial charge < -0.3 is 4.90 Å². The van der Waals surface area contributed by atoms with Gasteiger partial charge in [0.25, 0.3) is 0 Å². The number of carbonyl (C=O) groups is 2. The van der Waals surface area contributed by atoms with Gasteiger partial charge in [-0.3, -0.25) is 9.59 Å². The molecule has 3 nitrogen and oxygen atoms in total. The van der Waals surface area contributed by atoms with E-state index in [-0.39, 0.29) is 23.5 Å². The molecule has 0 radical (unpaired) electrons. The molecule has 1 aromatic rings. The summed E-state index contributed by atoms with van der Waals surface area (Å²) in [6.07, 6.45) is 4.77. The van der Waals surface area contributed by atoms with Crippen molar-refractivity contribution in [1.82, 2.24) is 4.90 Å². The molecule has 0 bridgehead atoms. The predicted octanol–water partition coefficient (Wildman–Crippen LogP) is 2.30. The van der Waals surface area contributed by atoms with Gasteiger partial charge in [0.1, 0.15) is 0 Å². The third-order valence-electron chi connectivity index (χ3n) is 4.51. The molecule has 0 N–H and O–H groups in total. The highest BCUT2D eigenvalue weighted by Gasteiger charge is 2.40. The molecule has 0 spiro atoms. The first-order valence-electron chi connectivity index (χ1n) is 7.05. The molecule has 2 aliphatic rings. The van der Waals surface area contributed by atoms with Crippen molar-refractivity contribution < 1.29 is 9.59 Å². The third-order valence-corrected chi connectivity index (χ3v) is 4.51. The van der Waals surface area contributed by atoms with Crippen molar-refractivity contribution in [3.8, 4) is 0 Å². The van der Waals surface area contributed by atoms with Crippen molar-refractivity contribution in [3.05, 3.63) is 35.9 Å². The van der Waals surface area contributed by atoms with Crippen molar-refractivity contribution >= 4 is 11.7 Å². The summed E-state index contributed by atoms with van der Waals surface area (Å²) in [4.78, 5) is 25.0. The van der Waals surface area contributed by atoms with Gasteiger partial charge in [0, 0.05) is 12.0 Å². The van der Waals surface area contributed by atoms with Gasteiger partial charge in [0.2, 0.25) is 5.91 Å². The topological polar surface area (TPSA) is 37.4 Å². The molecule has 1 aliphatic heterocycles. The van der Waals surface area contributed by atoms with Crippen LogP contribution in [0.25, 0.3) is 0 Å². The Morgan fingerprint density at radius 1 is 1.05 bits per heavy atom. The minimum Gasteiger partial charge on any atom is -0.334 e. The number of carbonyl (C=O) groups excluding carboxylic acids is 2. The van der Waals surface area contributed by atoms with Crippen LogP contribution in [0.2, 0.25) is 0 Å². The lowest BCUT2D eigenvalue weighted by Gasteiger charge is -2.33. The van der Waals surface area contributed by atoms with Crippen LogP contribution >= 0.6 is 0 Å². The average Bonchev–Trinajstić information content (AvgIpc) is 3.00. The summed E-state index contributed by atoms with van der Waals surface area (Å²) in [5, 5.41) is 0. The number of rotatable bonds is 3. The quantitative estimate of drug-likeness (QED) is 0.779. The number of amides is 1. The lowest BCUT2D eigenvalue weighted by atomic mass is 9.78. The molecule has 1 aliphatic carbocycles. The second-order valence-electron chi connectivity index (χ2n) is 5.82. The molecule has 3 heteroatoms. The van der Waals surface area contributed by atoms with E-state index >= 15 is 0 Å².